The highest BCUT2D eigenvalue weighted by Gasteiger charge is 2.08. The fraction of sp³-hybridized carbons (Fsp3) is 0.143. The Morgan fingerprint density at radius 1 is 1.39 bits per heavy atom. The summed E-state index contributed by atoms with van der Waals surface area (Å²) in [5.41, 5.74) is 2.70. The molecule has 0 saturated heterocycles. The number of hydrogen-bond donors (Lipinski definition) is 0. The zero-order chi connectivity index (χ0) is 13.0. The van der Waals surface area contributed by atoms with Crippen molar-refractivity contribution in [1.29, 1.82) is 0 Å². The lowest BCUT2D eigenvalue weighted by Gasteiger charge is -2.21. The van der Waals surface area contributed by atoms with Crippen LogP contribution in [0.25, 0.3) is 0 Å². The van der Waals surface area contributed by atoms with Crippen molar-refractivity contribution < 1.29 is 4.79 Å². The Kier molecular flexibility index (Phi) is 4.10. The molecular formula is C14H13BrN2O. The molecule has 0 fully saturated rings. The second kappa shape index (κ2) is 5.78. The lowest BCUT2D eigenvalue weighted by Crippen LogP contribution is -2.18. The molecule has 1 heterocycles. The van der Waals surface area contributed by atoms with Gasteiger partial charge in [0.1, 0.15) is 0 Å². The minimum atomic E-state index is 0.677. The van der Waals surface area contributed by atoms with Crippen LogP contribution in [0.4, 0.5) is 5.69 Å². The molecule has 0 amide bonds. The van der Waals surface area contributed by atoms with Gasteiger partial charge in [-0.2, -0.15) is 0 Å². The molecule has 0 aliphatic heterocycles. The summed E-state index contributed by atoms with van der Waals surface area (Å²) in [5, 5.41) is 0. The molecule has 0 N–H and O–H groups in total. The highest BCUT2D eigenvalue weighted by molar-refractivity contribution is 9.10. The number of halogens is 1. The third kappa shape index (κ3) is 2.96. The Balaban J connectivity index is 2.23. The normalized spacial score (nSPS) is 10.1. The van der Waals surface area contributed by atoms with Crippen molar-refractivity contribution in [3.8, 4) is 0 Å². The van der Waals surface area contributed by atoms with E-state index < -0.39 is 0 Å². The number of nitrogens with zero attached hydrogens (tertiary/aromatic N) is 2. The average molecular weight is 305 g/mol. The van der Waals surface area contributed by atoms with Crippen LogP contribution in [0.15, 0.2) is 47.2 Å². The molecule has 18 heavy (non-hydrogen) atoms. The SMILES string of the molecule is CN(Cc1cccnc1)c1ccc(Br)cc1C=O. The van der Waals surface area contributed by atoms with Gasteiger partial charge in [-0.15, -0.1) is 0 Å². The molecular weight excluding hydrogens is 292 g/mol. The first-order valence-electron chi connectivity index (χ1n) is 5.55. The van der Waals surface area contributed by atoms with Crippen LogP contribution in [-0.4, -0.2) is 18.3 Å². The van der Waals surface area contributed by atoms with E-state index in [4.69, 9.17) is 0 Å². The predicted molar refractivity (Wildman–Crippen MR) is 75.9 cm³/mol. The van der Waals surface area contributed by atoms with Gasteiger partial charge in [0.2, 0.25) is 0 Å². The molecule has 0 aliphatic carbocycles. The highest BCUT2D eigenvalue weighted by atomic mass is 79.9. The van der Waals surface area contributed by atoms with Crippen LogP contribution >= 0.6 is 15.9 Å². The zero-order valence-corrected chi connectivity index (χ0v) is 11.6. The number of aromatic nitrogens is 1. The molecule has 4 heteroatoms. The van der Waals surface area contributed by atoms with Crippen LogP contribution in [0.1, 0.15) is 15.9 Å². The summed E-state index contributed by atoms with van der Waals surface area (Å²) < 4.78 is 0.906. The summed E-state index contributed by atoms with van der Waals surface area (Å²) >= 11 is 3.37. The van der Waals surface area contributed by atoms with E-state index in [1.807, 2.05) is 48.5 Å². The molecule has 0 saturated carbocycles. The summed E-state index contributed by atoms with van der Waals surface area (Å²) in [5.74, 6) is 0. The Labute approximate surface area is 115 Å². The zero-order valence-electron chi connectivity index (χ0n) is 10.0. The van der Waals surface area contributed by atoms with Crippen LogP contribution in [0, 0.1) is 0 Å². The van der Waals surface area contributed by atoms with E-state index in [0.29, 0.717) is 5.56 Å². The topological polar surface area (TPSA) is 33.2 Å². The minimum absolute atomic E-state index is 0.677. The molecule has 0 atom stereocenters. The van der Waals surface area contributed by atoms with Crippen molar-refractivity contribution in [2.75, 3.05) is 11.9 Å². The second-order valence-corrected chi connectivity index (χ2v) is 4.95. The predicted octanol–water partition coefficient (Wildman–Crippen LogP) is 3.29. The Hall–Kier alpha value is -1.68. The van der Waals surface area contributed by atoms with Crippen molar-refractivity contribution in [1.82, 2.24) is 4.98 Å². The van der Waals surface area contributed by atoms with Crippen LogP contribution in [0.2, 0.25) is 0 Å². The van der Waals surface area contributed by atoms with Gasteiger partial charge < -0.3 is 4.90 Å². The number of carbonyl (C=O) groups is 1. The van der Waals surface area contributed by atoms with Crippen LogP contribution in [0.3, 0.4) is 0 Å². The maximum Gasteiger partial charge on any atom is 0.152 e. The monoisotopic (exact) mass is 304 g/mol. The first-order valence-corrected chi connectivity index (χ1v) is 6.35. The molecule has 3 nitrogen and oxygen atoms in total. The maximum absolute atomic E-state index is 11.1. The summed E-state index contributed by atoms with van der Waals surface area (Å²) in [7, 11) is 1.96. The lowest BCUT2D eigenvalue weighted by atomic mass is 10.1. The third-order valence-electron chi connectivity index (χ3n) is 2.67. The van der Waals surface area contributed by atoms with E-state index in [1.54, 1.807) is 6.20 Å². The van der Waals surface area contributed by atoms with Gasteiger partial charge in [-0.1, -0.05) is 22.0 Å². The van der Waals surface area contributed by atoms with E-state index in [9.17, 15) is 4.79 Å². The molecule has 0 spiro atoms. The standard InChI is InChI=1S/C14H13BrN2O/c1-17(9-11-3-2-6-16-8-11)14-5-4-13(15)7-12(14)10-18/h2-8,10H,9H2,1H3. The molecule has 92 valence electrons. The first kappa shape index (κ1) is 12.8. The summed E-state index contributed by atoms with van der Waals surface area (Å²) in [6.07, 6.45) is 4.45. The highest BCUT2D eigenvalue weighted by Crippen LogP contribution is 2.23. The number of benzene rings is 1. The number of pyridine rings is 1. The van der Waals surface area contributed by atoms with Gasteiger partial charge in [0.25, 0.3) is 0 Å². The van der Waals surface area contributed by atoms with E-state index in [2.05, 4.69) is 20.9 Å². The van der Waals surface area contributed by atoms with Gasteiger partial charge in [0.05, 0.1) is 0 Å². The molecule has 0 unspecified atom stereocenters. The summed E-state index contributed by atoms with van der Waals surface area (Å²) in [6, 6.07) is 9.61. The van der Waals surface area contributed by atoms with Gasteiger partial charge in [-0.25, -0.2) is 0 Å². The summed E-state index contributed by atoms with van der Waals surface area (Å²) in [4.78, 5) is 17.2. The van der Waals surface area contributed by atoms with Crippen LogP contribution < -0.4 is 4.90 Å². The van der Waals surface area contributed by atoms with Gasteiger partial charge in [0, 0.05) is 41.7 Å². The van der Waals surface area contributed by atoms with Crippen molar-refractivity contribution in [3.63, 3.8) is 0 Å². The van der Waals surface area contributed by atoms with Crippen molar-refractivity contribution in [2.24, 2.45) is 0 Å². The molecule has 2 rings (SSSR count). The van der Waals surface area contributed by atoms with Crippen molar-refractivity contribution in [3.05, 3.63) is 58.3 Å². The van der Waals surface area contributed by atoms with E-state index in [0.717, 1.165) is 28.6 Å². The fourth-order valence-electron chi connectivity index (χ4n) is 1.82. The lowest BCUT2D eigenvalue weighted by molar-refractivity contribution is 0.112. The third-order valence-corrected chi connectivity index (χ3v) is 3.16. The van der Waals surface area contributed by atoms with E-state index in [1.165, 1.54) is 0 Å². The largest absolute Gasteiger partial charge is 0.370 e. The maximum atomic E-state index is 11.1. The fourth-order valence-corrected chi connectivity index (χ4v) is 2.20. The molecule has 1 aromatic heterocycles. The molecule has 2 aromatic rings. The number of anilines is 1. The first-order chi connectivity index (χ1) is 8.70. The van der Waals surface area contributed by atoms with Crippen molar-refractivity contribution >= 4 is 27.9 Å². The smallest absolute Gasteiger partial charge is 0.152 e. The molecule has 1 aromatic carbocycles. The number of carbonyl (C=O) groups excluding carboxylic acids is 1. The Bertz CT molecular complexity index is 543. The van der Waals surface area contributed by atoms with Crippen LogP contribution in [0.5, 0.6) is 0 Å². The average Bonchev–Trinajstić information content (AvgIpc) is 2.39. The van der Waals surface area contributed by atoms with Crippen LogP contribution in [-0.2, 0) is 6.54 Å². The second-order valence-electron chi connectivity index (χ2n) is 4.04. The Morgan fingerprint density at radius 3 is 2.89 bits per heavy atom. The van der Waals surface area contributed by atoms with E-state index in [-0.39, 0.29) is 0 Å². The summed E-state index contributed by atoms with van der Waals surface area (Å²) in [6.45, 7) is 0.719. The van der Waals surface area contributed by atoms with Gasteiger partial charge in [-0.3, -0.25) is 9.78 Å². The molecule has 0 radical (unpaired) electrons. The quantitative estimate of drug-likeness (QED) is 0.813. The van der Waals surface area contributed by atoms with Crippen molar-refractivity contribution in [2.45, 2.75) is 6.54 Å². The molecule has 0 aliphatic rings. The number of hydrogen-bond acceptors (Lipinski definition) is 3. The van der Waals surface area contributed by atoms with E-state index >= 15 is 0 Å². The van der Waals surface area contributed by atoms with Gasteiger partial charge >= 0.3 is 0 Å². The number of aldehydes is 1. The van der Waals surface area contributed by atoms with Gasteiger partial charge in [-0.05, 0) is 29.8 Å². The Morgan fingerprint density at radius 2 is 2.22 bits per heavy atom. The van der Waals surface area contributed by atoms with Gasteiger partial charge in [0.15, 0.2) is 6.29 Å². The molecule has 0 bridgehead atoms. The number of rotatable bonds is 4. The minimum Gasteiger partial charge on any atom is -0.370 e.